The Bertz CT molecular complexity index is 376. The molecule has 2 N–H and O–H groups in total. The van der Waals surface area contributed by atoms with E-state index in [4.69, 9.17) is 0 Å². The van der Waals surface area contributed by atoms with Crippen LogP contribution in [0.5, 0.6) is 0 Å². The van der Waals surface area contributed by atoms with Gasteiger partial charge in [0.05, 0.1) is 12.3 Å². The maximum Gasteiger partial charge on any atom is 0.241 e. The molecule has 1 unspecified atom stereocenters. The van der Waals surface area contributed by atoms with Gasteiger partial charge in [0, 0.05) is 6.54 Å². The molecule has 1 atom stereocenters. The molecule has 0 aliphatic heterocycles. The Balaban J connectivity index is 2.38. The zero-order chi connectivity index (χ0) is 13.5. The number of hydrogen-bond donors (Lipinski definition) is 2. The van der Waals surface area contributed by atoms with Gasteiger partial charge >= 0.3 is 0 Å². The molecule has 102 valence electrons. The van der Waals surface area contributed by atoms with Gasteiger partial charge in [-0.25, -0.2) is 4.68 Å². The Morgan fingerprint density at radius 2 is 2.28 bits per heavy atom. The highest BCUT2D eigenvalue weighted by Crippen LogP contribution is 2.11. The molecule has 0 spiro atoms. The Labute approximate surface area is 107 Å². The van der Waals surface area contributed by atoms with Gasteiger partial charge in [-0.1, -0.05) is 26.0 Å². The van der Waals surface area contributed by atoms with Crippen LogP contribution >= 0.6 is 0 Å². The minimum absolute atomic E-state index is 0.0851. The van der Waals surface area contributed by atoms with E-state index in [9.17, 15) is 9.90 Å². The van der Waals surface area contributed by atoms with Gasteiger partial charge in [-0.3, -0.25) is 4.79 Å². The number of rotatable bonds is 7. The molecule has 1 heterocycles. The number of aromatic nitrogens is 3. The van der Waals surface area contributed by atoms with Crippen molar-refractivity contribution in [2.75, 3.05) is 6.54 Å². The molecule has 1 aromatic rings. The van der Waals surface area contributed by atoms with Crippen molar-refractivity contribution in [1.82, 2.24) is 20.3 Å². The number of aliphatic hydroxyl groups excluding tert-OH is 1. The smallest absolute Gasteiger partial charge is 0.241 e. The highest BCUT2D eigenvalue weighted by molar-refractivity contribution is 5.75. The largest absolute Gasteiger partial charge is 0.387 e. The van der Waals surface area contributed by atoms with Gasteiger partial charge in [0.15, 0.2) is 0 Å². The van der Waals surface area contributed by atoms with Gasteiger partial charge in [-0.15, -0.1) is 5.10 Å². The lowest BCUT2D eigenvalue weighted by molar-refractivity contribution is -0.121. The summed E-state index contributed by atoms with van der Waals surface area (Å²) in [6.07, 6.45) is 2.54. The summed E-state index contributed by atoms with van der Waals surface area (Å²) in [6.45, 7) is 6.91. The third-order valence-corrected chi connectivity index (χ3v) is 2.63. The summed E-state index contributed by atoms with van der Waals surface area (Å²) in [6, 6.07) is 0. The van der Waals surface area contributed by atoms with Crippen molar-refractivity contribution in [3.05, 3.63) is 11.9 Å². The lowest BCUT2D eigenvalue weighted by Crippen LogP contribution is -2.29. The summed E-state index contributed by atoms with van der Waals surface area (Å²) in [4.78, 5) is 11.6. The molecule has 6 nitrogen and oxygen atoms in total. The fourth-order valence-electron chi connectivity index (χ4n) is 1.46. The maximum atomic E-state index is 11.6. The minimum atomic E-state index is -0.609. The van der Waals surface area contributed by atoms with E-state index >= 15 is 0 Å². The van der Waals surface area contributed by atoms with Crippen molar-refractivity contribution in [1.29, 1.82) is 0 Å². The van der Waals surface area contributed by atoms with Crippen LogP contribution in [0, 0.1) is 5.92 Å². The van der Waals surface area contributed by atoms with Crippen LogP contribution in [-0.2, 0) is 11.3 Å². The molecule has 0 aliphatic rings. The van der Waals surface area contributed by atoms with Crippen LogP contribution in [0.4, 0.5) is 0 Å². The van der Waals surface area contributed by atoms with Crippen molar-refractivity contribution >= 4 is 5.91 Å². The molecule has 1 rings (SSSR count). The first kappa shape index (κ1) is 14.6. The second-order valence-corrected chi connectivity index (χ2v) is 4.80. The summed E-state index contributed by atoms with van der Waals surface area (Å²) in [5, 5.41) is 20.0. The van der Waals surface area contributed by atoms with Crippen LogP contribution in [0.25, 0.3) is 0 Å². The van der Waals surface area contributed by atoms with E-state index in [2.05, 4.69) is 29.5 Å². The molecule has 0 aromatic carbocycles. The fraction of sp³-hybridized carbons (Fsp3) is 0.750. The standard InChI is InChI=1S/C12H22N4O2/c1-4-11(17)10-7-16(15-14-10)8-12(18)13-6-5-9(2)3/h7,9,11,17H,4-6,8H2,1-3H3,(H,13,18). The molecule has 0 radical (unpaired) electrons. The van der Waals surface area contributed by atoms with E-state index < -0.39 is 6.10 Å². The summed E-state index contributed by atoms with van der Waals surface area (Å²) in [5.74, 6) is 0.487. The number of aliphatic hydroxyl groups is 1. The van der Waals surface area contributed by atoms with Crippen molar-refractivity contribution in [2.45, 2.75) is 46.3 Å². The third-order valence-electron chi connectivity index (χ3n) is 2.63. The van der Waals surface area contributed by atoms with Gasteiger partial charge in [0.1, 0.15) is 12.2 Å². The predicted octanol–water partition coefficient (Wildman–Crippen LogP) is 0.884. The van der Waals surface area contributed by atoms with Crippen LogP contribution in [-0.4, -0.2) is 32.6 Å². The normalized spacial score (nSPS) is 12.7. The topological polar surface area (TPSA) is 80.0 Å². The summed E-state index contributed by atoms with van der Waals surface area (Å²) in [7, 11) is 0. The predicted molar refractivity (Wildman–Crippen MR) is 67.7 cm³/mol. The fourth-order valence-corrected chi connectivity index (χ4v) is 1.46. The van der Waals surface area contributed by atoms with Crippen LogP contribution in [0.15, 0.2) is 6.20 Å². The number of carbonyl (C=O) groups is 1. The van der Waals surface area contributed by atoms with E-state index in [1.807, 2.05) is 6.92 Å². The molecule has 0 saturated carbocycles. The third kappa shape index (κ3) is 4.83. The first-order chi connectivity index (χ1) is 8.52. The second kappa shape index (κ2) is 7.10. The molecule has 0 bridgehead atoms. The maximum absolute atomic E-state index is 11.6. The van der Waals surface area contributed by atoms with Gasteiger partial charge in [-0.05, 0) is 18.8 Å². The van der Waals surface area contributed by atoms with Crippen LogP contribution in [0.3, 0.4) is 0 Å². The Hall–Kier alpha value is -1.43. The number of nitrogens with one attached hydrogen (secondary N) is 1. The highest BCUT2D eigenvalue weighted by Gasteiger charge is 2.11. The zero-order valence-corrected chi connectivity index (χ0v) is 11.3. The van der Waals surface area contributed by atoms with Crippen LogP contribution in [0.2, 0.25) is 0 Å². The van der Waals surface area contributed by atoms with Crippen LogP contribution in [0.1, 0.15) is 45.4 Å². The first-order valence-corrected chi connectivity index (χ1v) is 6.37. The van der Waals surface area contributed by atoms with Gasteiger partial charge in [-0.2, -0.15) is 0 Å². The summed E-state index contributed by atoms with van der Waals surface area (Å²) in [5.41, 5.74) is 0.507. The van der Waals surface area contributed by atoms with E-state index in [0.717, 1.165) is 6.42 Å². The minimum Gasteiger partial charge on any atom is -0.387 e. The monoisotopic (exact) mass is 254 g/mol. The molecule has 0 fully saturated rings. The SMILES string of the molecule is CCC(O)c1cn(CC(=O)NCCC(C)C)nn1. The quantitative estimate of drug-likeness (QED) is 0.757. The van der Waals surface area contributed by atoms with Gasteiger partial charge < -0.3 is 10.4 Å². The number of nitrogens with zero attached hydrogens (tertiary/aromatic N) is 3. The Kier molecular flexibility index (Phi) is 5.77. The molecule has 1 amide bonds. The van der Waals surface area contributed by atoms with Gasteiger partial charge in [0.2, 0.25) is 5.91 Å². The summed E-state index contributed by atoms with van der Waals surface area (Å²) >= 11 is 0. The average Bonchev–Trinajstić information content (AvgIpc) is 2.76. The lowest BCUT2D eigenvalue weighted by Gasteiger charge is -2.06. The molecule has 1 aromatic heterocycles. The van der Waals surface area contributed by atoms with E-state index in [-0.39, 0.29) is 12.5 Å². The summed E-state index contributed by atoms with van der Waals surface area (Å²) < 4.78 is 1.44. The van der Waals surface area contributed by atoms with Crippen molar-refractivity contribution in [3.8, 4) is 0 Å². The molecular formula is C12H22N4O2. The van der Waals surface area contributed by atoms with E-state index in [1.54, 1.807) is 6.20 Å². The Morgan fingerprint density at radius 3 is 2.89 bits per heavy atom. The number of hydrogen-bond acceptors (Lipinski definition) is 4. The molecule has 6 heteroatoms. The number of amides is 1. The Morgan fingerprint density at radius 1 is 1.56 bits per heavy atom. The zero-order valence-electron chi connectivity index (χ0n) is 11.3. The number of carbonyl (C=O) groups excluding carboxylic acids is 1. The van der Waals surface area contributed by atoms with Crippen molar-refractivity contribution in [2.24, 2.45) is 5.92 Å². The van der Waals surface area contributed by atoms with Crippen molar-refractivity contribution < 1.29 is 9.90 Å². The second-order valence-electron chi connectivity index (χ2n) is 4.80. The van der Waals surface area contributed by atoms with E-state index in [0.29, 0.717) is 24.6 Å². The first-order valence-electron chi connectivity index (χ1n) is 6.37. The van der Waals surface area contributed by atoms with E-state index in [1.165, 1.54) is 4.68 Å². The lowest BCUT2D eigenvalue weighted by atomic mass is 10.1. The van der Waals surface area contributed by atoms with Crippen LogP contribution < -0.4 is 5.32 Å². The highest BCUT2D eigenvalue weighted by atomic mass is 16.3. The molecule has 0 saturated heterocycles. The molecule has 18 heavy (non-hydrogen) atoms. The molecule has 0 aliphatic carbocycles. The average molecular weight is 254 g/mol. The van der Waals surface area contributed by atoms with Gasteiger partial charge in [0.25, 0.3) is 0 Å². The molecular weight excluding hydrogens is 232 g/mol. The van der Waals surface area contributed by atoms with Crippen molar-refractivity contribution in [3.63, 3.8) is 0 Å².